The molecule has 2 aliphatic rings. The Balaban J connectivity index is 1.49. The molecule has 7 nitrogen and oxygen atoms in total. The zero-order chi connectivity index (χ0) is 22.0. The molecule has 1 amide bonds. The number of carbonyl (C=O) groups excluding carboxylic acids is 1. The van der Waals surface area contributed by atoms with Gasteiger partial charge in [0.25, 0.3) is 0 Å². The van der Waals surface area contributed by atoms with Crippen LogP contribution in [0.5, 0.6) is 0 Å². The Morgan fingerprint density at radius 3 is 2.19 bits per heavy atom. The fourth-order valence-electron chi connectivity index (χ4n) is 3.73. The summed E-state index contributed by atoms with van der Waals surface area (Å²) in [4.78, 5) is 15.0. The van der Waals surface area contributed by atoms with Gasteiger partial charge in [0.15, 0.2) is 0 Å². The molecule has 2 aromatic carbocycles. The van der Waals surface area contributed by atoms with E-state index in [1.165, 1.54) is 40.7 Å². The Hall–Kier alpha value is -2.80. The zero-order valence-corrected chi connectivity index (χ0v) is 17.7. The molecular formula is C22H23FN4O3S. The monoisotopic (exact) mass is 442 g/mol. The fraction of sp³-hybridized carbons (Fsp3) is 0.364. The number of sulfonamides is 1. The summed E-state index contributed by atoms with van der Waals surface area (Å²) in [5.41, 5.74) is 1.08. The molecule has 0 radical (unpaired) electrons. The summed E-state index contributed by atoms with van der Waals surface area (Å²) >= 11 is 0. The van der Waals surface area contributed by atoms with E-state index in [0.717, 1.165) is 12.8 Å². The fourth-order valence-corrected chi connectivity index (χ4v) is 5.16. The highest BCUT2D eigenvalue weighted by atomic mass is 32.2. The average Bonchev–Trinajstić information content (AvgIpc) is 3.59. The number of halogens is 1. The molecule has 1 unspecified atom stereocenters. The maximum absolute atomic E-state index is 13.4. The molecule has 31 heavy (non-hydrogen) atoms. The van der Waals surface area contributed by atoms with Gasteiger partial charge in [0.05, 0.1) is 16.5 Å². The van der Waals surface area contributed by atoms with Crippen LogP contribution in [0.1, 0.15) is 30.0 Å². The van der Waals surface area contributed by atoms with Gasteiger partial charge in [-0.05, 0) is 54.8 Å². The molecule has 1 saturated carbocycles. The number of nitrogens with zero attached hydrogens (tertiary/aromatic N) is 3. The Kier molecular flexibility index (Phi) is 6.05. The van der Waals surface area contributed by atoms with E-state index in [4.69, 9.17) is 5.26 Å². The van der Waals surface area contributed by atoms with Gasteiger partial charge in [0.1, 0.15) is 11.9 Å². The van der Waals surface area contributed by atoms with Crippen molar-refractivity contribution in [3.8, 4) is 6.07 Å². The first-order valence-corrected chi connectivity index (χ1v) is 11.6. The Morgan fingerprint density at radius 2 is 1.65 bits per heavy atom. The topological polar surface area (TPSA) is 93.5 Å². The highest BCUT2D eigenvalue weighted by Crippen LogP contribution is 2.27. The number of hydrogen-bond acceptors (Lipinski definition) is 5. The van der Waals surface area contributed by atoms with E-state index in [9.17, 15) is 17.6 Å². The van der Waals surface area contributed by atoms with Gasteiger partial charge in [0, 0.05) is 32.2 Å². The number of benzene rings is 2. The third-order valence-electron chi connectivity index (χ3n) is 5.62. The number of rotatable bonds is 6. The molecule has 2 aromatic rings. The minimum absolute atomic E-state index is 0.140. The lowest BCUT2D eigenvalue weighted by molar-refractivity contribution is -0.127. The van der Waals surface area contributed by atoms with E-state index in [2.05, 4.69) is 5.32 Å². The first kappa shape index (κ1) is 21.4. The second kappa shape index (κ2) is 8.75. The van der Waals surface area contributed by atoms with E-state index in [1.807, 2.05) is 11.0 Å². The molecule has 1 saturated heterocycles. The van der Waals surface area contributed by atoms with Gasteiger partial charge >= 0.3 is 0 Å². The molecule has 0 bridgehead atoms. The van der Waals surface area contributed by atoms with Gasteiger partial charge in [-0.15, -0.1) is 0 Å². The molecule has 0 aromatic heterocycles. The van der Waals surface area contributed by atoms with Crippen LogP contribution < -0.4 is 5.32 Å². The standard InChI is InChI=1S/C22H23FN4O3S/c23-18-5-3-17(4-6-18)21(22(28)25-19-7-8-19)26-11-13-27(14-12-26)31(29,30)20-9-1-16(15-24)2-10-20/h1-6,9-10,19,21H,7-8,11-14H2,(H,25,28). The molecule has 9 heteroatoms. The number of carbonyl (C=O) groups is 1. The summed E-state index contributed by atoms with van der Waals surface area (Å²) in [6.45, 7) is 1.21. The zero-order valence-electron chi connectivity index (χ0n) is 16.9. The SMILES string of the molecule is N#Cc1ccc(S(=O)(=O)N2CCN(C(C(=O)NC3CC3)c3ccc(F)cc3)CC2)cc1. The van der Waals surface area contributed by atoms with E-state index in [-0.39, 0.29) is 35.8 Å². The lowest BCUT2D eigenvalue weighted by Gasteiger charge is -2.38. The summed E-state index contributed by atoms with van der Waals surface area (Å²) < 4.78 is 40.7. The predicted molar refractivity (Wildman–Crippen MR) is 112 cm³/mol. The van der Waals surface area contributed by atoms with Gasteiger partial charge in [-0.2, -0.15) is 9.57 Å². The van der Waals surface area contributed by atoms with Crippen LogP contribution in [0.25, 0.3) is 0 Å². The second-order valence-electron chi connectivity index (χ2n) is 7.81. The molecule has 1 aliphatic heterocycles. The van der Waals surface area contributed by atoms with Gasteiger partial charge in [-0.3, -0.25) is 9.69 Å². The van der Waals surface area contributed by atoms with Gasteiger partial charge in [-0.25, -0.2) is 12.8 Å². The van der Waals surface area contributed by atoms with Crippen molar-refractivity contribution >= 4 is 15.9 Å². The van der Waals surface area contributed by atoms with Crippen molar-refractivity contribution in [2.75, 3.05) is 26.2 Å². The molecule has 1 atom stereocenters. The Labute approximate surface area is 181 Å². The summed E-state index contributed by atoms with van der Waals surface area (Å²) in [5, 5.41) is 11.9. The number of hydrogen-bond donors (Lipinski definition) is 1. The number of piperazine rings is 1. The van der Waals surface area contributed by atoms with Crippen molar-refractivity contribution in [1.82, 2.24) is 14.5 Å². The average molecular weight is 443 g/mol. The largest absolute Gasteiger partial charge is 0.352 e. The van der Waals surface area contributed by atoms with Crippen molar-refractivity contribution in [2.45, 2.75) is 29.8 Å². The molecule has 162 valence electrons. The van der Waals surface area contributed by atoms with Crippen molar-refractivity contribution in [3.63, 3.8) is 0 Å². The van der Waals surface area contributed by atoms with Crippen LogP contribution in [0, 0.1) is 17.1 Å². The number of nitrogens with one attached hydrogen (secondary N) is 1. The van der Waals surface area contributed by atoms with Crippen LogP contribution in [-0.2, 0) is 14.8 Å². The molecular weight excluding hydrogens is 419 g/mol. The maximum atomic E-state index is 13.4. The smallest absolute Gasteiger partial charge is 0.243 e. The minimum atomic E-state index is -3.69. The van der Waals surface area contributed by atoms with Crippen molar-refractivity contribution < 1.29 is 17.6 Å². The van der Waals surface area contributed by atoms with E-state index < -0.39 is 16.1 Å². The highest BCUT2D eigenvalue weighted by molar-refractivity contribution is 7.89. The van der Waals surface area contributed by atoms with Crippen LogP contribution in [0.2, 0.25) is 0 Å². The Bertz CT molecular complexity index is 1090. The Morgan fingerprint density at radius 1 is 1.03 bits per heavy atom. The van der Waals surface area contributed by atoms with Crippen molar-refractivity contribution in [2.24, 2.45) is 0 Å². The molecule has 1 aliphatic carbocycles. The maximum Gasteiger partial charge on any atom is 0.243 e. The summed E-state index contributed by atoms with van der Waals surface area (Å²) in [5.74, 6) is -0.513. The molecule has 4 rings (SSSR count). The van der Waals surface area contributed by atoms with Crippen LogP contribution in [0.15, 0.2) is 53.4 Å². The van der Waals surface area contributed by atoms with E-state index in [1.54, 1.807) is 12.1 Å². The number of nitriles is 1. The summed E-state index contributed by atoms with van der Waals surface area (Å²) in [7, 11) is -3.69. The van der Waals surface area contributed by atoms with Gasteiger partial charge < -0.3 is 5.32 Å². The lowest BCUT2D eigenvalue weighted by atomic mass is 10.0. The first-order chi connectivity index (χ1) is 14.9. The molecule has 0 spiro atoms. The summed E-state index contributed by atoms with van der Waals surface area (Å²) in [6.07, 6.45) is 1.91. The van der Waals surface area contributed by atoms with Crippen molar-refractivity contribution in [3.05, 3.63) is 65.5 Å². The normalized spacial score (nSPS) is 18.8. The van der Waals surface area contributed by atoms with Crippen LogP contribution >= 0.6 is 0 Å². The van der Waals surface area contributed by atoms with E-state index >= 15 is 0 Å². The minimum Gasteiger partial charge on any atom is -0.352 e. The second-order valence-corrected chi connectivity index (χ2v) is 9.75. The lowest BCUT2D eigenvalue weighted by Crippen LogP contribution is -2.52. The molecule has 1 heterocycles. The van der Waals surface area contributed by atoms with E-state index in [0.29, 0.717) is 24.2 Å². The quantitative estimate of drug-likeness (QED) is 0.739. The highest BCUT2D eigenvalue weighted by Gasteiger charge is 2.36. The van der Waals surface area contributed by atoms with Gasteiger partial charge in [-0.1, -0.05) is 12.1 Å². The van der Waals surface area contributed by atoms with Crippen molar-refractivity contribution in [1.29, 1.82) is 5.26 Å². The third kappa shape index (κ3) is 4.77. The van der Waals surface area contributed by atoms with Crippen LogP contribution in [0.4, 0.5) is 4.39 Å². The predicted octanol–water partition coefficient (Wildman–Crippen LogP) is 2.02. The molecule has 1 N–H and O–H groups in total. The van der Waals surface area contributed by atoms with Crippen LogP contribution in [0.3, 0.4) is 0 Å². The molecule has 2 fully saturated rings. The third-order valence-corrected chi connectivity index (χ3v) is 7.53. The summed E-state index contributed by atoms with van der Waals surface area (Å²) in [6, 6.07) is 13.3. The first-order valence-electron chi connectivity index (χ1n) is 10.2. The van der Waals surface area contributed by atoms with Crippen LogP contribution in [-0.4, -0.2) is 55.8 Å². The number of amides is 1. The van der Waals surface area contributed by atoms with Gasteiger partial charge in [0.2, 0.25) is 15.9 Å².